The van der Waals surface area contributed by atoms with Gasteiger partial charge in [0.1, 0.15) is 5.82 Å². The van der Waals surface area contributed by atoms with E-state index in [1.165, 1.54) is 0 Å². The van der Waals surface area contributed by atoms with Crippen molar-refractivity contribution in [1.82, 2.24) is 10.4 Å². The molecule has 0 bridgehead atoms. The molecule has 1 N–H and O–H groups in total. The average Bonchev–Trinajstić information content (AvgIpc) is 2.18. The maximum Gasteiger partial charge on any atom is 0.139 e. The van der Waals surface area contributed by atoms with Crippen molar-refractivity contribution >= 4 is 6.21 Å². The van der Waals surface area contributed by atoms with Gasteiger partial charge in [0.25, 0.3) is 0 Å². The highest BCUT2D eigenvalue weighted by Gasteiger charge is 2.05. The second-order valence-electron chi connectivity index (χ2n) is 1.87. The molecule has 0 aliphatic carbocycles. The maximum absolute atomic E-state index is 4.10. The highest BCUT2D eigenvalue weighted by atomic mass is 15.5. The summed E-state index contributed by atoms with van der Waals surface area (Å²) in [6.45, 7) is 2.80. The van der Waals surface area contributed by atoms with Gasteiger partial charge in [-0.1, -0.05) is 0 Å². The summed E-state index contributed by atoms with van der Waals surface area (Å²) in [5.41, 5.74) is 3.08. The third-order valence-corrected chi connectivity index (χ3v) is 1.22. The van der Waals surface area contributed by atoms with Crippen molar-refractivity contribution in [1.29, 1.82) is 0 Å². The molecule has 1 aliphatic rings. The van der Waals surface area contributed by atoms with Crippen LogP contribution in [-0.4, -0.2) is 24.8 Å². The quantitative estimate of drug-likeness (QED) is 0.513. The molecule has 0 aromatic heterocycles. The Hall–Kier alpha value is -0.830. The molecule has 0 saturated carbocycles. The first-order valence-corrected chi connectivity index (χ1v) is 3.00. The van der Waals surface area contributed by atoms with E-state index in [1.807, 2.05) is 25.1 Å². The highest BCUT2D eigenvalue weighted by Crippen LogP contribution is 2.03. The van der Waals surface area contributed by atoms with E-state index in [0.717, 1.165) is 12.4 Å². The summed E-state index contributed by atoms with van der Waals surface area (Å²) >= 11 is 0. The zero-order valence-corrected chi connectivity index (χ0v) is 5.76. The summed E-state index contributed by atoms with van der Waals surface area (Å²) < 4.78 is 0. The molecule has 0 radical (unpaired) electrons. The average molecular weight is 125 g/mol. The number of nitrogens with one attached hydrogen (secondary N) is 1. The molecule has 1 heterocycles. The lowest BCUT2D eigenvalue weighted by Crippen LogP contribution is -2.26. The van der Waals surface area contributed by atoms with Crippen LogP contribution in [-0.2, 0) is 0 Å². The smallest absolute Gasteiger partial charge is 0.139 e. The number of nitrogens with zero attached hydrogens (tertiary/aromatic N) is 2. The second-order valence-corrected chi connectivity index (χ2v) is 1.87. The van der Waals surface area contributed by atoms with Crippen molar-refractivity contribution in [2.45, 2.75) is 6.92 Å². The Kier molecular flexibility index (Phi) is 1.85. The number of aliphatic imine (C=N–C) groups is 1. The lowest BCUT2D eigenvalue weighted by atomic mass is 10.6. The normalized spacial score (nSPS) is 19.3. The van der Waals surface area contributed by atoms with Gasteiger partial charge < -0.3 is 0 Å². The first kappa shape index (κ1) is 6.29. The van der Waals surface area contributed by atoms with E-state index in [9.17, 15) is 0 Å². The molecule has 0 atom stereocenters. The first-order valence-electron chi connectivity index (χ1n) is 3.00. The van der Waals surface area contributed by atoms with E-state index in [-0.39, 0.29) is 0 Å². The van der Waals surface area contributed by atoms with Crippen LogP contribution in [0, 0.1) is 0 Å². The van der Waals surface area contributed by atoms with E-state index in [1.54, 1.807) is 6.21 Å². The van der Waals surface area contributed by atoms with Crippen LogP contribution in [0.2, 0.25) is 0 Å². The Bertz CT molecular complexity index is 148. The molecule has 0 fully saturated rings. The molecule has 0 unspecified atom stereocenters. The van der Waals surface area contributed by atoms with Crippen molar-refractivity contribution in [3.63, 3.8) is 0 Å². The molecule has 1 rings (SSSR count). The fourth-order valence-electron chi connectivity index (χ4n) is 0.763. The highest BCUT2D eigenvalue weighted by molar-refractivity contribution is 5.55. The molecule has 3 heteroatoms. The van der Waals surface area contributed by atoms with E-state index >= 15 is 0 Å². The van der Waals surface area contributed by atoms with Gasteiger partial charge in [0.15, 0.2) is 0 Å². The zero-order valence-electron chi connectivity index (χ0n) is 5.76. The Morgan fingerprint density at radius 2 is 2.67 bits per heavy atom. The van der Waals surface area contributed by atoms with Gasteiger partial charge in [-0.15, -0.1) is 0 Å². The predicted molar refractivity (Wildman–Crippen MR) is 38.0 cm³/mol. The van der Waals surface area contributed by atoms with Crippen LogP contribution < -0.4 is 5.43 Å². The van der Waals surface area contributed by atoms with Gasteiger partial charge in [-0.05, 0) is 13.0 Å². The molecule has 3 nitrogen and oxygen atoms in total. The molecule has 1 aliphatic heterocycles. The number of hydrazine groups is 1. The van der Waals surface area contributed by atoms with Gasteiger partial charge in [0.2, 0.25) is 0 Å². The zero-order chi connectivity index (χ0) is 6.69. The van der Waals surface area contributed by atoms with Gasteiger partial charge in [0.05, 0.1) is 0 Å². The third-order valence-electron chi connectivity index (χ3n) is 1.22. The lowest BCUT2D eigenvalue weighted by molar-refractivity contribution is 0.343. The van der Waals surface area contributed by atoms with Crippen molar-refractivity contribution in [2.24, 2.45) is 4.99 Å². The molecule has 0 amide bonds. The standard InChI is InChI=1S/C6H11N3/c1-3-7-6-4-5-8-9(6)2/h3-4,8H,5H2,1-2H3/b7-3-. The largest absolute Gasteiger partial charge is 0.295 e. The van der Waals surface area contributed by atoms with Gasteiger partial charge in [-0.25, -0.2) is 10.4 Å². The number of rotatable bonds is 1. The second kappa shape index (κ2) is 2.64. The molecule has 0 aromatic rings. The van der Waals surface area contributed by atoms with Crippen LogP contribution >= 0.6 is 0 Å². The summed E-state index contributed by atoms with van der Waals surface area (Å²) in [4.78, 5) is 4.10. The topological polar surface area (TPSA) is 27.6 Å². The van der Waals surface area contributed by atoms with Crippen LogP contribution in [0.15, 0.2) is 16.9 Å². The van der Waals surface area contributed by atoms with Crippen LogP contribution in [0.4, 0.5) is 0 Å². The summed E-state index contributed by atoms with van der Waals surface area (Å²) in [6.07, 6.45) is 3.83. The van der Waals surface area contributed by atoms with Crippen molar-refractivity contribution < 1.29 is 0 Å². The molecule has 0 spiro atoms. The predicted octanol–water partition coefficient (Wildman–Crippen LogP) is 0.369. The molecule has 9 heavy (non-hydrogen) atoms. The van der Waals surface area contributed by atoms with Crippen LogP contribution in [0.5, 0.6) is 0 Å². The van der Waals surface area contributed by atoms with Crippen molar-refractivity contribution in [2.75, 3.05) is 13.6 Å². The molecule has 0 aromatic carbocycles. The fourth-order valence-corrected chi connectivity index (χ4v) is 0.763. The van der Waals surface area contributed by atoms with Crippen LogP contribution in [0.1, 0.15) is 6.92 Å². The molecule has 0 saturated heterocycles. The van der Waals surface area contributed by atoms with E-state index in [2.05, 4.69) is 10.4 Å². The molecular formula is C6H11N3. The lowest BCUT2D eigenvalue weighted by Gasteiger charge is -2.11. The fraction of sp³-hybridized carbons (Fsp3) is 0.500. The number of hydrogen-bond donors (Lipinski definition) is 1. The minimum absolute atomic E-state index is 0.892. The Morgan fingerprint density at radius 3 is 3.11 bits per heavy atom. The molecule has 50 valence electrons. The first-order chi connectivity index (χ1) is 4.34. The molecular weight excluding hydrogens is 114 g/mol. The van der Waals surface area contributed by atoms with Crippen molar-refractivity contribution in [3.05, 3.63) is 11.9 Å². The van der Waals surface area contributed by atoms with Crippen LogP contribution in [0.25, 0.3) is 0 Å². The van der Waals surface area contributed by atoms with E-state index < -0.39 is 0 Å². The van der Waals surface area contributed by atoms with Gasteiger partial charge >= 0.3 is 0 Å². The van der Waals surface area contributed by atoms with Gasteiger partial charge in [-0.2, -0.15) is 0 Å². The monoisotopic (exact) mass is 125 g/mol. The summed E-state index contributed by atoms with van der Waals surface area (Å²) in [7, 11) is 1.95. The van der Waals surface area contributed by atoms with Crippen LogP contribution in [0.3, 0.4) is 0 Å². The van der Waals surface area contributed by atoms with Crippen molar-refractivity contribution in [3.8, 4) is 0 Å². The Morgan fingerprint density at radius 1 is 1.89 bits per heavy atom. The van der Waals surface area contributed by atoms with Gasteiger partial charge in [-0.3, -0.25) is 5.01 Å². The Balaban J connectivity index is 2.57. The summed E-state index contributed by atoms with van der Waals surface area (Å²) in [6, 6.07) is 0. The Labute approximate surface area is 55.0 Å². The third kappa shape index (κ3) is 1.29. The maximum atomic E-state index is 4.10. The SMILES string of the molecule is C/C=N\C1=CCNN1C. The minimum atomic E-state index is 0.892. The summed E-state index contributed by atoms with van der Waals surface area (Å²) in [5, 5.41) is 1.90. The minimum Gasteiger partial charge on any atom is -0.295 e. The number of hydrogen-bond acceptors (Lipinski definition) is 3. The summed E-state index contributed by atoms with van der Waals surface area (Å²) in [5.74, 6) is 0.998. The van der Waals surface area contributed by atoms with E-state index in [4.69, 9.17) is 0 Å². The van der Waals surface area contributed by atoms with E-state index in [0.29, 0.717) is 0 Å². The van der Waals surface area contributed by atoms with Gasteiger partial charge in [0, 0.05) is 19.8 Å².